The van der Waals surface area contributed by atoms with E-state index in [1.165, 1.54) is 12.1 Å². The minimum Gasteiger partial charge on any atom is -0.478 e. The van der Waals surface area contributed by atoms with Gasteiger partial charge in [-0.2, -0.15) is 0 Å². The van der Waals surface area contributed by atoms with Gasteiger partial charge >= 0.3 is 13.6 Å². The third-order valence-corrected chi connectivity index (χ3v) is 3.35. The van der Waals surface area contributed by atoms with Crippen LogP contribution in [0.3, 0.4) is 0 Å². The predicted molar refractivity (Wildman–Crippen MR) is 58.6 cm³/mol. The standard InChI is InChI=1S/C10H13O5P/c1-2-15-16(13,14)7-8-5-3-4-6-9(8)10(11)12/h3-6H,2,7H2,1H3,(H,11,12)(H,13,14). The lowest BCUT2D eigenvalue weighted by Crippen LogP contribution is -2.03. The molecule has 16 heavy (non-hydrogen) atoms. The van der Waals surface area contributed by atoms with Gasteiger partial charge in [-0.3, -0.25) is 4.57 Å². The Morgan fingerprint density at radius 1 is 1.44 bits per heavy atom. The number of rotatable bonds is 5. The first-order valence-electron chi connectivity index (χ1n) is 4.74. The van der Waals surface area contributed by atoms with Crippen molar-refractivity contribution < 1.29 is 23.9 Å². The van der Waals surface area contributed by atoms with Gasteiger partial charge in [-0.1, -0.05) is 18.2 Å². The molecule has 1 rings (SSSR count). The number of carboxylic acids is 1. The highest BCUT2D eigenvalue weighted by Gasteiger charge is 2.22. The SMILES string of the molecule is CCOP(=O)(O)Cc1ccccc1C(=O)O. The van der Waals surface area contributed by atoms with E-state index in [2.05, 4.69) is 4.52 Å². The predicted octanol–water partition coefficient (Wildman–Crippen LogP) is 2.11. The lowest BCUT2D eigenvalue weighted by atomic mass is 10.1. The van der Waals surface area contributed by atoms with Crippen LogP contribution in [0.5, 0.6) is 0 Å². The Hall–Kier alpha value is -1.16. The summed E-state index contributed by atoms with van der Waals surface area (Å²) in [4.78, 5) is 20.3. The van der Waals surface area contributed by atoms with Crippen LogP contribution in [-0.4, -0.2) is 22.6 Å². The van der Waals surface area contributed by atoms with Gasteiger partial charge in [-0.05, 0) is 18.6 Å². The van der Waals surface area contributed by atoms with E-state index in [1.54, 1.807) is 19.1 Å². The number of benzene rings is 1. The lowest BCUT2D eigenvalue weighted by molar-refractivity contribution is 0.0696. The van der Waals surface area contributed by atoms with Crippen molar-refractivity contribution in [3.05, 3.63) is 35.4 Å². The molecule has 0 amide bonds. The molecule has 0 fully saturated rings. The van der Waals surface area contributed by atoms with Crippen LogP contribution in [0.15, 0.2) is 24.3 Å². The fourth-order valence-electron chi connectivity index (χ4n) is 1.33. The molecule has 6 heteroatoms. The number of carboxylic acid groups (broad SMARTS) is 1. The molecule has 1 unspecified atom stereocenters. The van der Waals surface area contributed by atoms with Crippen molar-refractivity contribution >= 4 is 13.6 Å². The number of hydrogen-bond donors (Lipinski definition) is 2. The highest BCUT2D eigenvalue weighted by molar-refractivity contribution is 7.51. The van der Waals surface area contributed by atoms with Crippen LogP contribution in [0.25, 0.3) is 0 Å². The zero-order valence-corrected chi connectivity index (χ0v) is 9.68. The summed E-state index contributed by atoms with van der Waals surface area (Å²) in [5, 5.41) is 8.88. The van der Waals surface area contributed by atoms with Crippen molar-refractivity contribution in [3.8, 4) is 0 Å². The molecule has 0 saturated carbocycles. The van der Waals surface area contributed by atoms with E-state index in [9.17, 15) is 14.3 Å². The van der Waals surface area contributed by atoms with Crippen molar-refractivity contribution in [3.63, 3.8) is 0 Å². The van der Waals surface area contributed by atoms with Crippen molar-refractivity contribution in [2.24, 2.45) is 0 Å². The number of hydrogen-bond acceptors (Lipinski definition) is 3. The molecule has 1 atom stereocenters. The Kier molecular flexibility index (Phi) is 4.24. The minimum atomic E-state index is -3.74. The Bertz CT molecular complexity index is 429. The van der Waals surface area contributed by atoms with Crippen molar-refractivity contribution in [2.75, 3.05) is 6.61 Å². The second-order valence-electron chi connectivity index (χ2n) is 3.18. The molecule has 0 aromatic heterocycles. The summed E-state index contributed by atoms with van der Waals surface area (Å²) in [5.74, 6) is -1.12. The van der Waals surface area contributed by atoms with E-state index in [0.29, 0.717) is 5.56 Å². The monoisotopic (exact) mass is 244 g/mol. The van der Waals surface area contributed by atoms with E-state index in [1.807, 2.05) is 0 Å². The Morgan fingerprint density at radius 2 is 2.06 bits per heavy atom. The molecule has 0 saturated heterocycles. The first-order chi connectivity index (χ1) is 7.46. The van der Waals surface area contributed by atoms with E-state index in [0.717, 1.165) is 0 Å². The fraction of sp³-hybridized carbons (Fsp3) is 0.300. The molecule has 0 bridgehead atoms. The average molecular weight is 244 g/mol. The molecular weight excluding hydrogens is 231 g/mol. The summed E-state index contributed by atoms with van der Waals surface area (Å²) < 4.78 is 16.2. The van der Waals surface area contributed by atoms with Gasteiger partial charge in [0.25, 0.3) is 0 Å². The summed E-state index contributed by atoms with van der Waals surface area (Å²) in [6, 6.07) is 6.08. The largest absolute Gasteiger partial charge is 0.478 e. The second kappa shape index (κ2) is 5.25. The van der Waals surface area contributed by atoms with Crippen LogP contribution >= 0.6 is 7.60 Å². The van der Waals surface area contributed by atoms with Gasteiger partial charge < -0.3 is 14.5 Å². The van der Waals surface area contributed by atoms with Gasteiger partial charge in [-0.15, -0.1) is 0 Å². The van der Waals surface area contributed by atoms with Crippen molar-refractivity contribution in [1.29, 1.82) is 0 Å². The highest BCUT2D eigenvalue weighted by atomic mass is 31.2. The summed E-state index contributed by atoms with van der Waals surface area (Å²) >= 11 is 0. The zero-order valence-electron chi connectivity index (χ0n) is 8.79. The van der Waals surface area contributed by atoms with E-state index < -0.39 is 13.6 Å². The van der Waals surface area contributed by atoms with Crippen LogP contribution in [0.2, 0.25) is 0 Å². The number of carbonyl (C=O) groups is 1. The van der Waals surface area contributed by atoms with Crippen LogP contribution in [0.4, 0.5) is 0 Å². The van der Waals surface area contributed by atoms with Gasteiger partial charge in [0.15, 0.2) is 0 Å². The summed E-state index contributed by atoms with van der Waals surface area (Å²) in [6.07, 6.45) is -0.288. The fourth-order valence-corrected chi connectivity index (χ4v) is 2.53. The van der Waals surface area contributed by atoms with Crippen molar-refractivity contribution in [2.45, 2.75) is 13.1 Å². The lowest BCUT2D eigenvalue weighted by Gasteiger charge is -2.12. The van der Waals surface area contributed by atoms with Gasteiger partial charge in [-0.25, -0.2) is 4.79 Å². The summed E-state index contributed by atoms with van der Waals surface area (Å²) in [6.45, 7) is 1.72. The zero-order chi connectivity index (χ0) is 12.2. The smallest absolute Gasteiger partial charge is 0.335 e. The third-order valence-electron chi connectivity index (χ3n) is 1.95. The molecule has 0 aliphatic carbocycles. The van der Waals surface area contributed by atoms with E-state index in [-0.39, 0.29) is 18.3 Å². The first kappa shape index (κ1) is 12.9. The summed E-state index contributed by atoms with van der Waals surface area (Å²) in [5.41, 5.74) is 0.325. The van der Waals surface area contributed by atoms with E-state index >= 15 is 0 Å². The van der Waals surface area contributed by atoms with Crippen LogP contribution in [-0.2, 0) is 15.3 Å². The van der Waals surface area contributed by atoms with Crippen LogP contribution in [0.1, 0.15) is 22.8 Å². The molecule has 0 heterocycles. The first-order valence-corrected chi connectivity index (χ1v) is 6.50. The molecule has 5 nitrogen and oxygen atoms in total. The number of aromatic carboxylic acids is 1. The van der Waals surface area contributed by atoms with Gasteiger partial charge in [0.05, 0.1) is 18.3 Å². The van der Waals surface area contributed by atoms with Crippen molar-refractivity contribution in [1.82, 2.24) is 0 Å². The molecule has 2 N–H and O–H groups in total. The molecule has 0 aliphatic heterocycles. The van der Waals surface area contributed by atoms with Gasteiger partial charge in [0.2, 0.25) is 0 Å². The second-order valence-corrected chi connectivity index (χ2v) is 5.02. The molecule has 0 aliphatic rings. The maximum atomic E-state index is 11.5. The molecule has 1 aromatic rings. The maximum absolute atomic E-state index is 11.5. The quantitative estimate of drug-likeness (QED) is 0.775. The van der Waals surface area contributed by atoms with E-state index in [4.69, 9.17) is 5.11 Å². The van der Waals surface area contributed by atoms with Gasteiger partial charge in [0.1, 0.15) is 0 Å². The highest BCUT2D eigenvalue weighted by Crippen LogP contribution is 2.45. The molecule has 88 valence electrons. The molecule has 0 spiro atoms. The molecule has 1 aromatic carbocycles. The Balaban J connectivity index is 2.97. The van der Waals surface area contributed by atoms with Gasteiger partial charge in [0, 0.05) is 0 Å². The Labute approximate surface area is 93.2 Å². The molecule has 0 radical (unpaired) electrons. The molecular formula is C10H13O5P. The normalized spacial score (nSPS) is 14.4. The van der Waals surface area contributed by atoms with Crippen LogP contribution in [0, 0.1) is 0 Å². The van der Waals surface area contributed by atoms with Crippen LogP contribution < -0.4 is 0 Å². The topological polar surface area (TPSA) is 83.8 Å². The average Bonchev–Trinajstić information content (AvgIpc) is 2.17. The Morgan fingerprint density at radius 3 is 2.62 bits per heavy atom. The minimum absolute atomic E-state index is 0.0245. The summed E-state index contributed by atoms with van der Waals surface area (Å²) in [7, 11) is -3.74. The maximum Gasteiger partial charge on any atom is 0.335 e. The third kappa shape index (κ3) is 3.45.